The van der Waals surface area contributed by atoms with Crippen molar-refractivity contribution in [3.63, 3.8) is 0 Å². The molecule has 0 saturated carbocycles. The second kappa shape index (κ2) is 5.81. The molecule has 2 heterocycles. The molecule has 6 heteroatoms. The van der Waals surface area contributed by atoms with Gasteiger partial charge < -0.3 is 15.2 Å². The number of carbonyl (C=O) groups excluding carboxylic acids is 1. The third-order valence-electron chi connectivity index (χ3n) is 4.83. The first-order valence-electron chi connectivity index (χ1n) is 8.34. The van der Waals surface area contributed by atoms with Crippen molar-refractivity contribution < 1.29 is 15.0 Å². The van der Waals surface area contributed by atoms with E-state index >= 15 is 0 Å². The summed E-state index contributed by atoms with van der Waals surface area (Å²) in [4.78, 5) is 19.4. The lowest BCUT2D eigenvalue weighted by molar-refractivity contribution is 0.101. The summed E-state index contributed by atoms with van der Waals surface area (Å²) in [5.41, 5.74) is 3.20. The van der Waals surface area contributed by atoms with Gasteiger partial charge in [-0.1, -0.05) is 12.2 Å². The van der Waals surface area contributed by atoms with Crippen molar-refractivity contribution in [1.29, 1.82) is 0 Å². The standard InChI is InChI=1S/C19H19N3O3/c1-11(23)16-17(12-5-3-2-4-6-12)22(19(25)18(16)24)13-7-8-14-15(9-13)21-10-20-14/h2-3,7-10,12,24-25H,4-6H2,1H3,(H,20,21). The van der Waals surface area contributed by atoms with Crippen LogP contribution in [-0.4, -0.2) is 30.5 Å². The fourth-order valence-corrected chi connectivity index (χ4v) is 3.66. The molecule has 0 bridgehead atoms. The maximum absolute atomic E-state index is 12.2. The first-order valence-corrected chi connectivity index (χ1v) is 8.34. The summed E-state index contributed by atoms with van der Waals surface area (Å²) in [6.07, 6.45) is 8.36. The van der Waals surface area contributed by atoms with Crippen molar-refractivity contribution in [2.75, 3.05) is 0 Å². The summed E-state index contributed by atoms with van der Waals surface area (Å²) in [7, 11) is 0. The summed E-state index contributed by atoms with van der Waals surface area (Å²) >= 11 is 0. The van der Waals surface area contributed by atoms with Crippen LogP contribution in [0.4, 0.5) is 0 Å². The molecular formula is C19H19N3O3. The van der Waals surface area contributed by atoms with E-state index in [-0.39, 0.29) is 28.9 Å². The lowest BCUT2D eigenvalue weighted by atomic mass is 9.88. The largest absolute Gasteiger partial charge is 0.503 e. The molecule has 0 saturated heterocycles. The lowest BCUT2D eigenvalue weighted by Crippen LogP contribution is -2.11. The topological polar surface area (TPSA) is 91.1 Å². The quantitative estimate of drug-likeness (QED) is 0.501. The van der Waals surface area contributed by atoms with Crippen molar-refractivity contribution in [3.8, 4) is 17.3 Å². The predicted octanol–water partition coefficient (Wildman–Crippen LogP) is 3.79. The minimum atomic E-state index is -0.346. The number of aromatic amines is 1. The highest BCUT2D eigenvalue weighted by molar-refractivity contribution is 5.99. The Morgan fingerprint density at radius 2 is 2.16 bits per heavy atom. The summed E-state index contributed by atoms with van der Waals surface area (Å²) in [5, 5.41) is 21.0. The van der Waals surface area contributed by atoms with E-state index in [9.17, 15) is 15.0 Å². The molecule has 128 valence electrons. The molecule has 0 spiro atoms. The molecule has 1 aliphatic carbocycles. The van der Waals surface area contributed by atoms with Gasteiger partial charge in [0.25, 0.3) is 0 Å². The highest BCUT2D eigenvalue weighted by Crippen LogP contribution is 2.44. The molecule has 0 fully saturated rings. The maximum atomic E-state index is 12.2. The molecule has 1 aliphatic rings. The van der Waals surface area contributed by atoms with Gasteiger partial charge in [0, 0.05) is 11.6 Å². The van der Waals surface area contributed by atoms with Gasteiger partial charge in [-0.25, -0.2) is 4.98 Å². The molecule has 3 N–H and O–H groups in total. The van der Waals surface area contributed by atoms with Gasteiger partial charge in [0.1, 0.15) is 0 Å². The first kappa shape index (κ1) is 15.5. The number of H-pyrrole nitrogens is 1. The Labute approximate surface area is 144 Å². The molecule has 1 aromatic carbocycles. The first-order chi connectivity index (χ1) is 12.1. The number of aromatic nitrogens is 3. The smallest absolute Gasteiger partial charge is 0.240 e. The molecule has 6 nitrogen and oxygen atoms in total. The van der Waals surface area contributed by atoms with Crippen LogP contribution >= 0.6 is 0 Å². The Morgan fingerprint density at radius 1 is 1.32 bits per heavy atom. The predicted molar refractivity (Wildman–Crippen MR) is 94.5 cm³/mol. The van der Waals surface area contributed by atoms with Crippen LogP contribution in [0.15, 0.2) is 36.7 Å². The SMILES string of the molecule is CC(=O)c1c(O)c(O)n(-c2ccc3nc[nH]c3c2)c1C1CC=CCC1. The number of carbonyl (C=O) groups is 1. The van der Waals surface area contributed by atoms with E-state index < -0.39 is 0 Å². The zero-order chi connectivity index (χ0) is 17.6. The van der Waals surface area contributed by atoms with Gasteiger partial charge in [0.05, 0.1) is 28.6 Å². The van der Waals surface area contributed by atoms with E-state index in [1.165, 1.54) is 6.92 Å². The van der Waals surface area contributed by atoms with Gasteiger partial charge >= 0.3 is 0 Å². The van der Waals surface area contributed by atoms with Crippen molar-refractivity contribution in [2.45, 2.75) is 32.1 Å². The summed E-state index contributed by atoms with van der Waals surface area (Å²) in [5.74, 6) is -0.831. The average molecular weight is 337 g/mol. The second-order valence-corrected chi connectivity index (χ2v) is 6.41. The van der Waals surface area contributed by atoms with E-state index in [1.807, 2.05) is 18.2 Å². The number of allylic oxidation sites excluding steroid dienone is 2. The number of Topliss-reactive ketones (excluding diaryl/α,β-unsaturated/α-hetero) is 1. The Balaban J connectivity index is 1.98. The van der Waals surface area contributed by atoms with Gasteiger partial charge in [-0.05, 0) is 44.4 Å². The Hall–Kier alpha value is -3.02. The van der Waals surface area contributed by atoms with Crippen molar-refractivity contribution >= 4 is 16.8 Å². The number of benzene rings is 1. The van der Waals surface area contributed by atoms with Crippen LogP contribution in [-0.2, 0) is 0 Å². The molecular weight excluding hydrogens is 318 g/mol. The maximum Gasteiger partial charge on any atom is 0.240 e. The minimum Gasteiger partial charge on any atom is -0.503 e. The Morgan fingerprint density at radius 3 is 2.88 bits per heavy atom. The third kappa shape index (κ3) is 2.41. The number of rotatable bonds is 3. The second-order valence-electron chi connectivity index (χ2n) is 6.41. The van der Waals surface area contributed by atoms with Crippen LogP contribution in [0.1, 0.15) is 48.2 Å². The van der Waals surface area contributed by atoms with E-state index in [0.717, 1.165) is 30.3 Å². The number of nitrogens with one attached hydrogen (secondary N) is 1. The number of ketones is 1. The molecule has 0 aliphatic heterocycles. The van der Waals surface area contributed by atoms with Crippen LogP contribution in [0.25, 0.3) is 16.7 Å². The highest BCUT2D eigenvalue weighted by Gasteiger charge is 2.31. The van der Waals surface area contributed by atoms with Crippen LogP contribution in [0, 0.1) is 0 Å². The van der Waals surface area contributed by atoms with Crippen molar-refractivity contribution in [2.24, 2.45) is 0 Å². The van der Waals surface area contributed by atoms with Crippen LogP contribution in [0.3, 0.4) is 0 Å². The van der Waals surface area contributed by atoms with Gasteiger partial charge in [-0.3, -0.25) is 9.36 Å². The molecule has 1 atom stereocenters. The number of nitrogens with zero attached hydrogens (tertiary/aromatic N) is 2. The average Bonchev–Trinajstić information content (AvgIpc) is 3.18. The summed E-state index contributed by atoms with van der Waals surface area (Å²) in [6, 6.07) is 5.53. The minimum absolute atomic E-state index is 0.0631. The van der Waals surface area contributed by atoms with Gasteiger partial charge in [-0.15, -0.1) is 0 Å². The third-order valence-corrected chi connectivity index (χ3v) is 4.83. The van der Waals surface area contributed by atoms with Crippen LogP contribution in [0.2, 0.25) is 0 Å². The zero-order valence-corrected chi connectivity index (χ0v) is 13.9. The van der Waals surface area contributed by atoms with Crippen molar-refractivity contribution in [1.82, 2.24) is 14.5 Å². The number of hydrogen-bond donors (Lipinski definition) is 3. The molecule has 3 aromatic rings. The normalized spacial score (nSPS) is 17.2. The number of imidazole rings is 1. The molecule has 2 aromatic heterocycles. The number of hydrogen-bond acceptors (Lipinski definition) is 4. The monoisotopic (exact) mass is 337 g/mol. The molecule has 25 heavy (non-hydrogen) atoms. The van der Waals surface area contributed by atoms with Crippen LogP contribution < -0.4 is 0 Å². The van der Waals surface area contributed by atoms with E-state index in [2.05, 4.69) is 22.1 Å². The van der Waals surface area contributed by atoms with E-state index in [4.69, 9.17) is 0 Å². The molecule has 1 unspecified atom stereocenters. The Bertz CT molecular complexity index is 997. The zero-order valence-electron chi connectivity index (χ0n) is 13.9. The Kier molecular flexibility index (Phi) is 3.60. The van der Waals surface area contributed by atoms with E-state index in [0.29, 0.717) is 11.4 Å². The summed E-state index contributed by atoms with van der Waals surface area (Å²) in [6.45, 7) is 1.42. The van der Waals surface area contributed by atoms with Gasteiger partial charge in [-0.2, -0.15) is 0 Å². The fourth-order valence-electron chi connectivity index (χ4n) is 3.66. The van der Waals surface area contributed by atoms with E-state index in [1.54, 1.807) is 10.9 Å². The summed E-state index contributed by atoms with van der Waals surface area (Å²) < 4.78 is 1.59. The van der Waals surface area contributed by atoms with Gasteiger partial charge in [0.2, 0.25) is 5.88 Å². The fraction of sp³-hybridized carbons (Fsp3) is 0.263. The number of aromatic hydroxyl groups is 2. The molecule has 0 amide bonds. The highest BCUT2D eigenvalue weighted by atomic mass is 16.3. The van der Waals surface area contributed by atoms with Crippen molar-refractivity contribution in [3.05, 3.63) is 47.9 Å². The molecule has 0 radical (unpaired) electrons. The number of fused-ring (bicyclic) bond motifs is 1. The molecule has 4 rings (SSSR count). The van der Waals surface area contributed by atoms with Gasteiger partial charge in [0.15, 0.2) is 11.5 Å². The lowest BCUT2D eigenvalue weighted by Gasteiger charge is -2.21. The van der Waals surface area contributed by atoms with Crippen LogP contribution in [0.5, 0.6) is 11.6 Å².